The lowest BCUT2D eigenvalue weighted by molar-refractivity contribution is 0.102. The number of carbonyl (C=O) groups is 1. The van der Waals surface area contributed by atoms with Crippen molar-refractivity contribution in [2.75, 3.05) is 0 Å². The number of hydrogen-bond donors (Lipinski definition) is 0. The minimum absolute atomic E-state index is 0.0728. The molecule has 15 heavy (non-hydrogen) atoms. The summed E-state index contributed by atoms with van der Waals surface area (Å²) in [6.45, 7) is 3.59. The van der Waals surface area contributed by atoms with Crippen LogP contribution >= 0.6 is 8.19 Å². The number of rotatable bonds is 2. The van der Waals surface area contributed by atoms with Gasteiger partial charge in [0.15, 0.2) is 5.78 Å². The molecule has 2 rings (SSSR count). The van der Waals surface area contributed by atoms with Gasteiger partial charge in [-0.05, 0) is 27.6 Å². The third kappa shape index (κ3) is 1.86. The molecule has 0 bridgehead atoms. The van der Waals surface area contributed by atoms with Crippen LogP contribution in [0, 0.1) is 6.92 Å². The lowest BCUT2D eigenvalue weighted by atomic mass is 10.1. The molecule has 0 atom stereocenters. The Bertz CT molecular complexity index is 500. The van der Waals surface area contributed by atoms with Crippen molar-refractivity contribution < 1.29 is 9.21 Å². The molecular weight excluding hydrogens is 207 g/mol. The lowest BCUT2D eigenvalue weighted by Gasteiger charge is -2.02. The molecule has 0 amide bonds. The first-order valence-electron chi connectivity index (χ1n) is 4.70. The summed E-state index contributed by atoms with van der Waals surface area (Å²) >= 11 is 0. The summed E-state index contributed by atoms with van der Waals surface area (Å²) in [6.07, 6.45) is 0. The highest BCUT2D eigenvalue weighted by atomic mass is 31.0. The molecule has 2 nitrogen and oxygen atoms in total. The molecule has 0 aliphatic carbocycles. The fraction of sp³-hybridized carbons (Fsp3) is 0.167. The fourth-order valence-corrected chi connectivity index (χ4v) is 2.25. The molecular formula is C12H11O2P. The van der Waals surface area contributed by atoms with E-state index in [0.29, 0.717) is 5.76 Å². The molecule has 0 aliphatic rings. The predicted molar refractivity (Wildman–Crippen MR) is 61.4 cm³/mol. The van der Waals surface area contributed by atoms with Crippen LogP contribution in [0.2, 0.25) is 0 Å². The van der Waals surface area contributed by atoms with Gasteiger partial charge in [-0.2, -0.15) is 0 Å². The Labute approximate surface area is 90.0 Å². The maximum absolute atomic E-state index is 11.4. The second-order valence-electron chi connectivity index (χ2n) is 3.40. The van der Waals surface area contributed by atoms with Crippen LogP contribution in [0.3, 0.4) is 0 Å². The average molecular weight is 218 g/mol. The van der Waals surface area contributed by atoms with E-state index in [4.69, 9.17) is 4.42 Å². The number of aryl methyl sites for hydroxylation is 1. The Morgan fingerprint density at radius 3 is 2.73 bits per heavy atom. The van der Waals surface area contributed by atoms with Crippen molar-refractivity contribution in [2.24, 2.45) is 0 Å². The number of carbonyl (C=O) groups excluding carboxylic acids is 1. The number of ketones is 1. The van der Waals surface area contributed by atoms with Gasteiger partial charge in [-0.1, -0.05) is 24.3 Å². The van der Waals surface area contributed by atoms with Gasteiger partial charge >= 0.3 is 0 Å². The van der Waals surface area contributed by atoms with Crippen LogP contribution in [-0.2, 0) is 0 Å². The van der Waals surface area contributed by atoms with Gasteiger partial charge in [-0.3, -0.25) is 4.79 Å². The lowest BCUT2D eigenvalue weighted by Crippen LogP contribution is -1.91. The number of hydrogen-bond acceptors (Lipinski definition) is 2. The first-order valence-corrected chi connectivity index (χ1v) is 5.67. The highest BCUT2D eigenvalue weighted by Crippen LogP contribution is 2.33. The highest BCUT2D eigenvalue weighted by molar-refractivity contribution is 7.31. The fourth-order valence-electron chi connectivity index (χ4n) is 1.52. The summed E-state index contributed by atoms with van der Waals surface area (Å²) in [7, 11) is 0.855. The van der Waals surface area contributed by atoms with E-state index in [9.17, 15) is 4.79 Å². The molecule has 2 aromatic rings. The van der Waals surface area contributed by atoms with Crippen molar-refractivity contribution in [3.63, 3.8) is 0 Å². The van der Waals surface area contributed by atoms with E-state index in [1.54, 1.807) is 12.9 Å². The molecule has 3 heteroatoms. The van der Waals surface area contributed by atoms with Crippen molar-refractivity contribution in [3.05, 3.63) is 41.1 Å². The molecule has 76 valence electrons. The van der Waals surface area contributed by atoms with Crippen molar-refractivity contribution in [3.8, 4) is 11.3 Å². The third-order valence-corrected chi connectivity index (χ3v) is 3.28. The quantitative estimate of drug-likeness (QED) is 0.712. The Morgan fingerprint density at radius 2 is 2.07 bits per heavy atom. The van der Waals surface area contributed by atoms with E-state index < -0.39 is 0 Å². The van der Waals surface area contributed by atoms with E-state index in [-0.39, 0.29) is 5.78 Å². The molecule has 0 saturated carbocycles. The van der Waals surface area contributed by atoms with Gasteiger partial charge in [0.2, 0.25) is 0 Å². The molecule has 1 aromatic carbocycles. The smallest absolute Gasteiger partial charge is 0.168 e. The molecule has 0 aliphatic heterocycles. The van der Waals surface area contributed by atoms with E-state index in [2.05, 4.69) is 0 Å². The summed E-state index contributed by atoms with van der Waals surface area (Å²) in [5, 5.41) is 0.740. The first-order chi connectivity index (χ1) is 7.20. The van der Waals surface area contributed by atoms with Gasteiger partial charge in [0.1, 0.15) is 11.8 Å². The van der Waals surface area contributed by atoms with E-state index in [1.165, 1.54) is 0 Å². The zero-order valence-corrected chi connectivity index (χ0v) is 9.54. The second kappa shape index (κ2) is 4.00. The monoisotopic (exact) mass is 218 g/mol. The Kier molecular flexibility index (Phi) is 2.70. The predicted octanol–water partition coefficient (Wildman–Crippen LogP) is 4.04. The first kappa shape index (κ1) is 10.1. The molecule has 1 heterocycles. The SMILES string of the molecule is CC(=O)c1pcoc1-c1ccccc1C. The molecule has 1 aromatic heterocycles. The molecule has 0 saturated heterocycles. The standard InChI is InChI=1S/C12H11O2P/c1-8-5-3-4-6-10(8)11-12(9(2)13)15-7-14-11/h3-7H,1-2H3. The van der Waals surface area contributed by atoms with Gasteiger partial charge in [0, 0.05) is 5.56 Å². The van der Waals surface area contributed by atoms with Crippen molar-refractivity contribution >= 4 is 14.0 Å². The summed E-state index contributed by atoms with van der Waals surface area (Å²) in [5.74, 6) is 2.43. The minimum Gasteiger partial charge on any atom is -0.458 e. The number of benzene rings is 1. The van der Waals surface area contributed by atoms with Crippen LogP contribution in [0.25, 0.3) is 11.3 Å². The maximum atomic E-state index is 11.4. The van der Waals surface area contributed by atoms with Crippen molar-refractivity contribution in [1.82, 2.24) is 0 Å². The Hall–Kier alpha value is -1.40. The van der Waals surface area contributed by atoms with Crippen LogP contribution in [0.4, 0.5) is 0 Å². The minimum atomic E-state index is 0.0728. The molecule has 0 fully saturated rings. The van der Waals surface area contributed by atoms with Gasteiger partial charge in [0.25, 0.3) is 0 Å². The van der Waals surface area contributed by atoms with Gasteiger partial charge in [0.05, 0.1) is 5.30 Å². The maximum Gasteiger partial charge on any atom is 0.168 e. The summed E-state index contributed by atoms with van der Waals surface area (Å²) in [4.78, 5) is 11.4. The Balaban J connectivity index is 2.59. The largest absolute Gasteiger partial charge is 0.458 e. The van der Waals surface area contributed by atoms with Crippen LogP contribution < -0.4 is 0 Å². The normalized spacial score (nSPS) is 10.8. The van der Waals surface area contributed by atoms with E-state index in [1.807, 2.05) is 31.2 Å². The Morgan fingerprint density at radius 1 is 1.33 bits per heavy atom. The van der Waals surface area contributed by atoms with Crippen molar-refractivity contribution in [1.29, 1.82) is 0 Å². The molecule has 0 spiro atoms. The van der Waals surface area contributed by atoms with Crippen LogP contribution in [0.15, 0.2) is 34.7 Å². The summed E-state index contributed by atoms with van der Waals surface area (Å²) in [5.41, 5.74) is 2.13. The topological polar surface area (TPSA) is 30.2 Å². The molecule has 0 unspecified atom stereocenters. The zero-order valence-electron chi connectivity index (χ0n) is 8.65. The van der Waals surface area contributed by atoms with E-state index in [0.717, 1.165) is 24.6 Å². The zero-order chi connectivity index (χ0) is 10.8. The summed E-state index contributed by atoms with van der Waals surface area (Å²) < 4.78 is 5.42. The van der Waals surface area contributed by atoms with Gasteiger partial charge in [-0.15, -0.1) is 0 Å². The third-order valence-electron chi connectivity index (χ3n) is 2.29. The van der Waals surface area contributed by atoms with E-state index >= 15 is 0 Å². The van der Waals surface area contributed by atoms with Gasteiger partial charge < -0.3 is 4.42 Å². The second-order valence-corrected chi connectivity index (χ2v) is 4.32. The summed E-state index contributed by atoms with van der Waals surface area (Å²) in [6, 6.07) is 7.91. The highest BCUT2D eigenvalue weighted by Gasteiger charge is 2.14. The average Bonchev–Trinajstić information content (AvgIpc) is 2.67. The molecule has 0 N–H and O–H groups in total. The van der Waals surface area contributed by atoms with Crippen LogP contribution in [0.1, 0.15) is 22.6 Å². The van der Waals surface area contributed by atoms with Crippen LogP contribution in [0.5, 0.6) is 0 Å². The van der Waals surface area contributed by atoms with Crippen LogP contribution in [-0.4, -0.2) is 5.78 Å². The van der Waals surface area contributed by atoms with Gasteiger partial charge in [-0.25, -0.2) is 0 Å². The van der Waals surface area contributed by atoms with Crippen molar-refractivity contribution in [2.45, 2.75) is 13.8 Å². The molecule has 0 radical (unpaired) electrons. The number of Topliss-reactive ketones (excluding diaryl/α,β-unsaturated/α-hetero) is 1.